The first-order valence-electron chi connectivity index (χ1n) is 8.48. The number of aliphatic hydroxyl groups excluding tert-OH is 1. The Kier molecular flexibility index (Phi) is 5.09. The molecule has 0 aliphatic carbocycles. The van der Waals surface area contributed by atoms with Crippen molar-refractivity contribution >= 4 is 0 Å². The average Bonchev–Trinajstić information content (AvgIpc) is 2.58. The molecule has 2 heterocycles. The van der Waals surface area contributed by atoms with Gasteiger partial charge in [-0.2, -0.15) is 0 Å². The highest BCUT2D eigenvalue weighted by molar-refractivity contribution is 5.27. The molecule has 1 N–H and O–H groups in total. The molecule has 3 rings (SSSR count). The number of benzene rings is 1. The molecular weight excluding hydrogens is 284 g/mol. The highest BCUT2D eigenvalue weighted by Crippen LogP contribution is 2.34. The smallest absolute Gasteiger partial charge is 0.0543 e. The summed E-state index contributed by atoms with van der Waals surface area (Å²) in [6, 6.07) is 14.6. The van der Waals surface area contributed by atoms with Crippen LogP contribution in [0.1, 0.15) is 29.7 Å². The minimum absolute atomic E-state index is 0.0286. The van der Waals surface area contributed by atoms with Gasteiger partial charge in [0.15, 0.2) is 0 Å². The normalized spacial score (nSPS) is 22.2. The molecule has 0 unspecified atom stereocenters. The maximum absolute atomic E-state index is 10.1. The van der Waals surface area contributed by atoms with E-state index in [0.29, 0.717) is 0 Å². The van der Waals surface area contributed by atoms with Gasteiger partial charge in [-0.15, -0.1) is 0 Å². The Bertz CT molecular complexity index is 629. The molecule has 0 radical (unpaired) electrons. The minimum Gasteiger partial charge on any atom is -0.396 e. The molecule has 1 aliphatic heterocycles. The van der Waals surface area contributed by atoms with Gasteiger partial charge >= 0.3 is 0 Å². The molecule has 1 fully saturated rings. The van der Waals surface area contributed by atoms with Crippen LogP contribution in [0, 0.1) is 12.3 Å². The summed E-state index contributed by atoms with van der Waals surface area (Å²) < 4.78 is 0. The fourth-order valence-electron chi connectivity index (χ4n) is 3.71. The number of piperidine rings is 1. The van der Waals surface area contributed by atoms with Gasteiger partial charge in [0, 0.05) is 24.7 Å². The molecule has 0 bridgehead atoms. The van der Waals surface area contributed by atoms with Crippen molar-refractivity contribution in [3.63, 3.8) is 0 Å². The molecule has 1 aromatic heterocycles. The van der Waals surface area contributed by atoms with Gasteiger partial charge < -0.3 is 5.11 Å². The lowest BCUT2D eigenvalue weighted by molar-refractivity contribution is 0.0282. The number of aromatic nitrogens is 1. The lowest BCUT2D eigenvalue weighted by atomic mass is 9.75. The van der Waals surface area contributed by atoms with Crippen LogP contribution >= 0.6 is 0 Å². The van der Waals surface area contributed by atoms with Crippen LogP contribution in [-0.4, -0.2) is 34.7 Å². The largest absolute Gasteiger partial charge is 0.396 e. The predicted octanol–water partition coefficient (Wildman–Crippen LogP) is 3.21. The molecule has 0 spiro atoms. The summed E-state index contributed by atoms with van der Waals surface area (Å²) in [4.78, 5) is 6.89. The second-order valence-electron chi connectivity index (χ2n) is 6.90. The number of pyridine rings is 1. The van der Waals surface area contributed by atoms with E-state index in [2.05, 4.69) is 47.1 Å². The number of hydrogen-bond acceptors (Lipinski definition) is 3. The number of likely N-dealkylation sites (tertiary alicyclic amines) is 1. The number of nitrogens with zero attached hydrogens (tertiary/aromatic N) is 2. The van der Waals surface area contributed by atoms with Gasteiger partial charge in [0.1, 0.15) is 0 Å². The summed E-state index contributed by atoms with van der Waals surface area (Å²) in [5.74, 6) is 0. The van der Waals surface area contributed by atoms with E-state index in [-0.39, 0.29) is 12.0 Å². The second kappa shape index (κ2) is 7.24. The molecule has 1 aromatic carbocycles. The van der Waals surface area contributed by atoms with Crippen LogP contribution in [0.2, 0.25) is 0 Å². The Labute approximate surface area is 139 Å². The summed E-state index contributed by atoms with van der Waals surface area (Å²) in [7, 11) is 0. The molecule has 3 heteroatoms. The van der Waals surface area contributed by atoms with Crippen molar-refractivity contribution in [2.45, 2.75) is 32.7 Å². The maximum Gasteiger partial charge on any atom is 0.0543 e. The van der Waals surface area contributed by atoms with Gasteiger partial charge in [0.05, 0.1) is 12.3 Å². The number of aliphatic hydroxyl groups is 1. The average molecular weight is 310 g/mol. The Balaban J connectivity index is 1.72. The zero-order valence-corrected chi connectivity index (χ0v) is 13.9. The standard InChI is InChI=1S/C20H26N2O/c1-17-7-2-3-8-18(17)13-20(16-23)10-6-12-22(15-20)14-19-9-4-5-11-21-19/h2-5,7-9,11,23H,6,10,12-16H2,1H3/t20-/m1/s1. The Hall–Kier alpha value is -1.71. The van der Waals surface area contributed by atoms with Gasteiger partial charge in [-0.1, -0.05) is 30.3 Å². The summed E-state index contributed by atoms with van der Waals surface area (Å²) in [6.07, 6.45) is 5.04. The second-order valence-corrected chi connectivity index (χ2v) is 6.90. The van der Waals surface area contributed by atoms with Gasteiger partial charge in [0.2, 0.25) is 0 Å². The van der Waals surface area contributed by atoms with E-state index in [0.717, 1.165) is 44.6 Å². The van der Waals surface area contributed by atoms with Crippen molar-refractivity contribution < 1.29 is 5.11 Å². The van der Waals surface area contributed by atoms with E-state index in [1.165, 1.54) is 11.1 Å². The van der Waals surface area contributed by atoms with Crippen LogP contribution in [0.3, 0.4) is 0 Å². The first-order chi connectivity index (χ1) is 11.2. The van der Waals surface area contributed by atoms with Gasteiger partial charge in [-0.3, -0.25) is 9.88 Å². The predicted molar refractivity (Wildman–Crippen MR) is 93.1 cm³/mol. The molecule has 1 saturated heterocycles. The molecular formula is C20H26N2O. The molecule has 2 aromatic rings. The summed E-state index contributed by atoms with van der Waals surface area (Å²) in [5, 5.41) is 10.1. The fraction of sp³-hybridized carbons (Fsp3) is 0.450. The van der Waals surface area contributed by atoms with Gasteiger partial charge in [-0.25, -0.2) is 0 Å². The minimum atomic E-state index is -0.0286. The topological polar surface area (TPSA) is 36.4 Å². The Morgan fingerprint density at radius 1 is 1.17 bits per heavy atom. The van der Waals surface area contributed by atoms with Crippen molar-refractivity contribution in [3.05, 3.63) is 65.5 Å². The third kappa shape index (κ3) is 3.98. The highest BCUT2D eigenvalue weighted by atomic mass is 16.3. The lowest BCUT2D eigenvalue weighted by Crippen LogP contribution is -2.46. The fourth-order valence-corrected chi connectivity index (χ4v) is 3.71. The Morgan fingerprint density at radius 2 is 2.00 bits per heavy atom. The molecule has 1 aliphatic rings. The molecule has 122 valence electrons. The number of rotatable bonds is 5. The van der Waals surface area contributed by atoms with E-state index < -0.39 is 0 Å². The van der Waals surface area contributed by atoms with Crippen molar-refractivity contribution in [3.8, 4) is 0 Å². The van der Waals surface area contributed by atoms with E-state index in [9.17, 15) is 5.11 Å². The molecule has 0 amide bonds. The van der Waals surface area contributed by atoms with Crippen molar-refractivity contribution in [1.29, 1.82) is 0 Å². The van der Waals surface area contributed by atoms with Crippen molar-refractivity contribution in [1.82, 2.24) is 9.88 Å². The third-order valence-electron chi connectivity index (χ3n) is 5.01. The van der Waals surface area contributed by atoms with Crippen LogP contribution < -0.4 is 0 Å². The maximum atomic E-state index is 10.1. The van der Waals surface area contributed by atoms with E-state index in [1.807, 2.05) is 18.3 Å². The molecule has 0 saturated carbocycles. The summed E-state index contributed by atoms with van der Waals surface area (Å²) >= 11 is 0. The van der Waals surface area contributed by atoms with Crippen molar-refractivity contribution in [2.75, 3.05) is 19.7 Å². The zero-order valence-electron chi connectivity index (χ0n) is 13.9. The highest BCUT2D eigenvalue weighted by Gasteiger charge is 2.35. The number of hydrogen-bond donors (Lipinski definition) is 1. The third-order valence-corrected chi connectivity index (χ3v) is 5.01. The Morgan fingerprint density at radius 3 is 2.74 bits per heavy atom. The van der Waals surface area contributed by atoms with E-state index in [1.54, 1.807) is 0 Å². The first-order valence-corrected chi connectivity index (χ1v) is 8.48. The van der Waals surface area contributed by atoms with Crippen LogP contribution in [0.25, 0.3) is 0 Å². The SMILES string of the molecule is Cc1ccccc1C[C@]1(CO)CCCN(Cc2ccccn2)C1. The van der Waals surface area contributed by atoms with E-state index in [4.69, 9.17) is 0 Å². The quantitative estimate of drug-likeness (QED) is 0.921. The van der Waals surface area contributed by atoms with Crippen LogP contribution in [0.4, 0.5) is 0 Å². The molecule has 1 atom stereocenters. The number of aryl methyl sites for hydroxylation is 1. The molecule has 3 nitrogen and oxygen atoms in total. The summed E-state index contributed by atoms with van der Waals surface area (Å²) in [6.45, 7) is 5.31. The van der Waals surface area contributed by atoms with Crippen LogP contribution in [0.5, 0.6) is 0 Å². The zero-order chi connectivity index (χ0) is 16.1. The van der Waals surface area contributed by atoms with Crippen LogP contribution in [-0.2, 0) is 13.0 Å². The summed E-state index contributed by atoms with van der Waals surface area (Å²) in [5.41, 5.74) is 3.76. The van der Waals surface area contributed by atoms with Gasteiger partial charge in [-0.05, 0) is 56.0 Å². The lowest BCUT2D eigenvalue weighted by Gasteiger charge is -2.42. The van der Waals surface area contributed by atoms with Crippen LogP contribution in [0.15, 0.2) is 48.7 Å². The van der Waals surface area contributed by atoms with Crippen molar-refractivity contribution in [2.24, 2.45) is 5.41 Å². The molecule has 23 heavy (non-hydrogen) atoms. The van der Waals surface area contributed by atoms with E-state index >= 15 is 0 Å². The first kappa shape index (κ1) is 16.2. The monoisotopic (exact) mass is 310 g/mol. The van der Waals surface area contributed by atoms with Gasteiger partial charge in [0.25, 0.3) is 0 Å².